The molecule has 0 radical (unpaired) electrons. The summed E-state index contributed by atoms with van der Waals surface area (Å²) in [4.78, 5) is 14.8. The summed E-state index contributed by atoms with van der Waals surface area (Å²) in [6.45, 7) is 3.40. The lowest BCUT2D eigenvalue weighted by atomic mass is 10.00. The van der Waals surface area contributed by atoms with E-state index in [2.05, 4.69) is 12.1 Å². The zero-order chi connectivity index (χ0) is 17.1. The minimum absolute atomic E-state index is 0.153. The number of carbonyl (C=O) groups excluding carboxylic acids is 1. The van der Waals surface area contributed by atoms with Gasteiger partial charge in [0.1, 0.15) is 18.3 Å². The van der Waals surface area contributed by atoms with Crippen molar-refractivity contribution in [3.05, 3.63) is 65.7 Å². The van der Waals surface area contributed by atoms with Gasteiger partial charge in [0.25, 0.3) is 0 Å². The second-order valence-corrected chi connectivity index (χ2v) is 6.84. The molecule has 0 aromatic heterocycles. The van der Waals surface area contributed by atoms with Crippen molar-refractivity contribution >= 4 is 5.91 Å². The van der Waals surface area contributed by atoms with E-state index in [1.54, 1.807) is 0 Å². The number of fused-ring (bicyclic) bond motifs is 1. The summed E-state index contributed by atoms with van der Waals surface area (Å²) in [5.41, 5.74) is 2.21. The summed E-state index contributed by atoms with van der Waals surface area (Å²) < 4.78 is 11.5. The van der Waals surface area contributed by atoms with Crippen LogP contribution in [-0.2, 0) is 16.1 Å². The standard InChI is InChI=1S/C21H23NO3/c23-21(19-15-25-20-9-5-4-8-18(19)20)22-11-10-17(12-22)14-24-13-16-6-2-1-3-7-16/h1-9,17,19H,10-15H2/t17-,19+/m1/s1. The van der Waals surface area contributed by atoms with Gasteiger partial charge >= 0.3 is 0 Å². The second-order valence-electron chi connectivity index (χ2n) is 6.84. The first-order chi connectivity index (χ1) is 12.3. The van der Waals surface area contributed by atoms with Gasteiger partial charge in [-0.15, -0.1) is 0 Å². The molecule has 0 N–H and O–H groups in total. The highest BCUT2D eigenvalue weighted by Gasteiger charge is 2.36. The van der Waals surface area contributed by atoms with Gasteiger partial charge in [-0.1, -0.05) is 48.5 Å². The van der Waals surface area contributed by atoms with Gasteiger partial charge in [-0.3, -0.25) is 4.79 Å². The van der Waals surface area contributed by atoms with Gasteiger partial charge in [0.2, 0.25) is 5.91 Å². The maximum Gasteiger partial charge on any atom is 0.233 e. The predicted octanol–water partition coefficient (Wildman–Crippen LogP) is 3.23. The van der Waals surface area contributed by atoms with Crippen molar-refractivity contribution in [2.45, 2.75) is 18.9 Å². The molecule has 4 heteroatoms. The summed E-state index contributed by atoms with van der Waals surface area (Å²) in [6, 6.07) is 18.1. The molecule has 0 saturated carbocycles. The Bertz CT molecular complexity index is 731. The average molecular weight is 337 g/mol. The van der Waals surface area contributed by atoms with E-state index in [1.807, 2.05) is 47.4 Å². The van der Waals surface area contributed by atoms with Crippen LogP contribution in [0.4, 0.5) is 0 Å². The monoisotopic (exact) mass is 337 g/mol. The maximum atomic E-state index is 12.9. The Balaban J connectivity index is 1.28. The van der Waals surface area contributed by atoms with Crippen LogP contribution in [0.2, 0.25) is 0 Å². The third kappa shape index (κ3) is 3.54. The fourth-order valence-electron chi connectivity index (χ4n) is 3.67. The number of amides is 1. The molecule has 2 atom stereocenters. The van der Waals surface area contributed by atoms with E-state index < -0.39 is 0 Å². The molecule has 2 aromatic carbocycles. The lowest BCUT2D eigenvalue weighted by Gasteiger charge is -2.20. The van der Waals surface area contributed by atoms with E-state index >= 15 is 0 Å². The van der Waals surface area contributed by atoms with Gasteiger partial charge < -0.3 is 14.4 Å². The molecule has 2 heterocycles. The highest BCUT2D eigenvalue weighted by molar-refractivity contribution is 5.85. The van der Waals surface area contributed by atoms with Gasteiger partial charge in [-0.25, -0.2) is 0 Å². The van der Waals surface area contributed by atoms with Gasteiger partial charge in [0.15, 0.2) is 0 Å². The lowest BCUT2D eigenvalue weighted by molar-refractivity contribution is -0.132. The number of rotatable bonds is 5. The molecule has 1 amide bonds. The fourth-order valence-corrected chi connectivity index (χ4v) is 3.67. The maximum absolute atomic E-state index is 12.9. The van der Waals surface area contributed by atoms with Crippen molar-refractivity contribution in [3.8, 4) is 5.75 Å². The number of nitrogens with zero attached hydrogens (tertiary/aromatic N) is 1. The van der Waals surface area contributed by atoms with Crippen molar-refractivity contribution in [2.75, 3.05) is 26.3 Å². The van der Waals surface area contributed by atoms with Gasteiger partial charge in [0, 0.05) is 24.6 Å². The first kappa shape index (κ1) is 16.2. The Morgan fingerprint density at radius 3 is 2.80 bits per heavy atom. The molecule has 0 spiro atoms. The molecular weight excluding hydrogens is 314 g/mol. The first-order valence-electron chi connectivity index (χ1n) is 8.93. The fraction of sp³-hybridized carbons (Fsp3) is 0.381. The van der Waals surface area contributed by atoms with Gasteiger partial charge in [-0.05, 0) is 18.1 Å². The molecule has 2 aromatic rings. The van der Waals surface area contributed by atoms with Crippen molar-refractivity contribution in [1.82, 2.24) is 4.90 Å². The highest BCUT2D eigenvalue weighted by atomic mass is 16.5. The molecule has 2 aliphatic heterocycles. The Morgan fingerprint density at radius 1 is 1.12 bits per heavy atom. The molecule has 4 nitrogen and oxygen atoms in total. The number of para-hydroxylation sites is 1. The largest absolute Gasteiger partial charge is 0.492 e. The quantitative estimate of drug-likeness (QED) is 0.841. The van der Waals surface area contributed by atoms with Gasteiger partial charge in [-0.2, -0.15) is 0 Å². The predicted molar refractivity (Wildman–Crippen MR) is 95.5 cm³/mol. The summed E-state index contributed by atoms with van der Waals surface area (Å²) in [6.07, 6.45) is 1.01. The number of ether oxygens (including phenoxy) is 2. The SMILES string of the molecule is O=C([C@H]1COc2ccccc21)N1CC[C@@H](COCc2ccccc2)C1. The molecule has 1 saturated heterocycles. The average Bonchev–Trinajstić information content (AvgIpc) is 3.29. The summed E-state index contributed by atoms with van der Waals surface area (Å²) in [7, 11) is 0. The van der Waals surface area contributed by atoms with E-state index in [0.717, 1.165) is 30.8 Å². The van der Waals surface area contributed by atoms with Crippen LogP contribution in [0.3, 0.4) is 0 Å². The lowest BCUT2D eigenvalue weighted by Crippen LogP contribution is -2.34. The van der Waals surface area contributed by atoms with Gasteiger partial charge in [0.05, 0.1) is 13.2 Å². The van der Waals surface area contributed by atoms with E-state index in [-0.39, 0.29) is 11.8 Å². The molecular formula is C21H23NO3. The molecule has 2 aliphatic rings. The zero-order valence-electron chi connectivity index (χ0n) is 14.3. The first-order valence-corrected chi connectivity index (χ1v) is 8.93. The summed E-state index contributed by atoms with van der Waals surface area (Å²) in [5, 5.41) is 0. The number of benzene rings is 2. The molecule has 4 rings (SSSR count). The van der Waals surface area contributed by atoms with E-state index in [0.29, 0.717) is 25.7 Å². The molecule has 0 bridgehead atoms. The van der Waals surface area contributed by atoms with Crippen LogP contribution in [0.5, 0.6) is 5.75 Å². The van der Waals surface area contributed by atoms with Crippen LogP contribution in [0, 0.1) is 5.92 Å². The van der Waals surface area contributed by atoms with Crippen molar-refractivity contribution in [1.29, 1.82) is 0 Å². The highest BCUT2D eigenvalue weighted by Crippen LogP contribution is 2.35. The van der Waals surface area contributed by atoms with Crippen LogP contribution in [0.15, 0.2) is 54.6 Å². The second kappa shape index (κ2) is 7.28. The molecule has 0 aliphatic carbocycles. The number of likely N-dealkylation sites (tertiary alicyclic amines) is 1. The zero-order valence-corrected chi connectivity index (χ0v) is 14.3. The molecule has 25 heavy (non-hydrogen) atoms. The topological polar surface area (TPSA) is 38.8 Å². The smallest absolute Gasteiger partial charge is 0.233 e. The minimum Gasteiger partial charge on any atom is -0.492 e. The number of hydrogen-bond acceptors (Lipinski definition) is 3. The number of carbonyl (C=O) groups is 1. The van der Waals surface area contributed by atoms with Crippen LogP contribution in [0.25, 0.3) is 0 Å². The van der Waals surface area contributed by atoms with E-state index in [9.17, 15) is 4.79 Å². The Morgan fingerprint density at radius 2 is 1.92 bits per heavy atom. The van der Waals surface area contributed by atoms with E-state index in [4.69, 9.17) is 9.47 Å². The van der Waals surface area contributed by atoms with Crippen LogP contribution in [0.1, 0.15) is 23.5 Å². The Kier molecular flexibility index (Phi) is 4.70. The molecule has 130 valence electrons. The number of hydrogen-bond donors (Lipinski definition) is 0. The molecule has 0 unspecified atom stereocenters. The summed E-state index contributed by atoms with van der Waals surface area (Å²) >= 11 is 0. The summed E-state index contributed by atoms with van der Waals surface area (Å²) in [5.74, 6) is 1.31. The third-order valence-electron chi connectivity index (χ3n) is 5.06. The Hall–Kier alpha value is -2.33. The van der Waals surface area contributed by atoms with Crippen LogP contribution in [-0.4, -0.2) is 37.1 Å². The Labute approximate surface area is 148 Å². The molecule has 1 fully saturated rings. The van der Waals surface area contributed by atoms with Crippen LogP contribution < -0.4 is 4.74 Å². The minimum atomic E-state index is -0.153. The van der Waals surface area contributed by atoms with Crippen molar-refractivity contribution in [3.63, 3.8) is 0 Å². The van der Waals surface area contributed by atoms with E-state index in [1.165, 1.54) is 5.56 Å². The third-order valence-corrected chi connectivity index (χ3v) is 5.06. The normalized spacial score (nSPS) is 21.8. The van der Waals surface area contributed by atoms with Crippen molar-refractivity contribution < 1.29 is 14.3 Å². The van der Waals surface area contributed by atoms with Crippen LogP contribution >= 0.6 is 0 Å². The van der Waals surface area contributed by atoms with Crippen molar-refractivity contribution in [2.24, 2.45) is 5.92 Å².